The molecule has 0 saturated carbocycles. The van der Waals surface area contributed by atoms with Crippen LogP contribution in [0.5, 0.6) is 0 Å². The first kappa shape index (κ1) is 21.7. The van der Waals surface area contributed by atoms with Gasteiger partial charge in [-0.05, 0) is 54.7 Å². The molecule has 4 aromatic rings. The predicted octanol–water partition coefficient (Wildman–Crippen LogP) is 5.39. The molecule has 0 spiro atoms. The van der Waals surface area contributed by atoms with Crippen LogP contribution in [0.2, 0.25) is 0 Å². The zero-order chi connectivity index (χ0) is 23.7. The van der Waals surface area contributed by atoms with Gasteiger partial charge in [0.05, 0.1) is 23.1 Å². The summed E-state index contributed by atoms with van der Waals surface area (Å²) >= 11 is 0. The van der Waals surface area contributed by atoms with E-state index in [2.05, 4.69) is 10.3 Å². The van der Waals surface area contributed by atoms with Gasteiger partial charge >= 0.3 is 12.0 Å². The van der Waals surface area contributed by atoms with Crippen LogP contribution in [0.1, 0.15) is 34.6 Å². The average molecular weight is 455 g/mol. The highest BCUT2D eigenvalue weighted by Crippen LogP contribution is 2.29. The highest BCUT2D eigenvalue weighted by Gasteiger charge is 2.20. The van der Waals surface area contributed by atoms with Crippen LogP contribution in [0.25, 0.3) is 22.2 Å². The van der Waals surface area contributed by atoms with E-state index < -0.39 is 5.97 Å². The summed E-state index contributed by atoms with van der Waals surface area (Å²) in [5, 5.41) is 13.1. The number of nitrogens with zero attached hydrogens (tertiary/aromatic N) is 3. The molecule has 7 heteroatoms. The van der Waals surface area contributed by atoms with Crippen molar-refractivity contribution in [2.45, 2.75) is 26.3 Å². The standard InChI is InChI=1S/C27H26N4O3/c1-18-28-23-13-12-21(29-27(34)30-14-5-6-15-30)16-24(23)31(18)17-20-10-7-11-22(25(20)26(32)33)19-8-3-2-4-9-19/h2-4,7-13,16H,5-6,14-15,17H2,1H3,(H,29,34)(H,32,33). The number of hydrogen-bond donors (Lipinski definition) is 2. The number of anilines is 1. The van der Waals surface area contributed by atoms with Crippen molar-refractivity contribution in [2.75, 3.05) is 18.4 Å². The van der Waals surface area contributed by atoms with Crippen LogP contribution in [0.4, 0.5) is 10.5 Å². The van der Waals surface area contributed by atoms with Gasteiger partial charge < -0.3 is 19.9 Å². The lowest BCUT2D eigenvalue weighted by Crippen LogP contribution is -2.32. The molecule has 1 aliphatic heterocycles. The molecule has 34 heavy (non-hydrogen) atoms. The van der Waals surface area contributed by atoms with Gasteiger partial charge in [0, 0.05) is 18.8 Å². The minimum absolute atomic E-state index is 0.0941. The molecule has 1 fully saturated rings. The Morgan fingerprint density at radius 1 is 1.00 bits per heavy atom. The number of rotatable bonds is 5. The topological polar surface area (TPSA) is 87.5 Å². The Morgan fingerprint density at radius 2 is 1.76 bits per heavy atom. The molecule has 0 atom stereocenters. The Balaban J connectivity index is 1.52. The van der Waals surface area contributed by atoms with Gasteiger partial charge in [-0.2, -0.15) is 0 Å². The van der Waals surface area contributed by atoms with Crippen LogP contribution in [0.3, 0.4) is 0 Å². The van der Waals surface area contributed by atoms with Crippen LogP contribution in [-0.4, -0.2) is 44.6 Å². The van der Waals surface area contributed by atoms with Gasteiger partial charge in [-0.15, -0.1) is 0 Å². The highest BCUT2D eigenvalue weighted by atomic mass is 16.4. The minimum atomic E-state index is -0.963. The lowest BCUT2D eigenvalue weighted by atomic mass is 9.95. The van der Waals surface area contributed by atoms with Crippen molar-refractivity contribution in [1.82, 2.24) is 14.5 Å². The molecule has 0 unspecified atom stereocenters. The normalized spacial score (nSPS) is 13.4. The number of carboxylic acid groups (broad SMARTS) is 1. The summed E-state index contributed by atoms with van der Waals surface area (Å²) in [6.45, 7) is 3.82. The summed E-state index contributed by atoms with van der Waals surface area (Å²) in [4.78, 5) is 31.3. The number of carbonyl (C=O) groups excluding carboxylic acids is 1. The van der Waals surface area contributed by atoms with Crippen molar-refractivity contribution >= 4 is 28.7 Å². The summed E-state index contributed by atoms with van der Waals surface area (Å²) in [5.74, 6) is -0.186. The molecule has 172 valence electrons. The number of benzene rings is 3. The van der Waals surface area contributed by atoms with Gasteiger partial charge in [-0.3, -0.25) is 0 Å². The zero-order valence-corrected chi connectivity index (χ0v) is 19.0. The Bertz CT molecular complexity index is 1370. The molecule has 0 radical (unpaired) electrons. The van der Waals surface area contributed by atoms with Crippen molar-refractivity contribution in [3.8, 4) is 11.1 Å². The number of fused-ring (bicyclic) bond motifs is 1. The quantitative estimate of drug-likeness (QED) is 0.423. The first-order valence-electron chi connectivity index (χ1n) is 11.4. The second-order valence-corrected chi connectivity index (χ2v) is 8.58. The van der Waals surface area contributed by atoms with Gasteiger partial charge in [0.2, 0.25) is 0 Å². The molecule has 0 bridgehead atoms. The fourth-order valence-electron chi connectivity index (χ4n) is 4.66. The summed E-state index contributed by atoms with van der Waals surface area (Å²) in [7, 11) is 0. The summed E-state index contributed by atoms with van der Waals surface area (Å²) in [5.41, 5.74) is 4.87. The third kappa shape index (κ3) is 4.12. The maximum atomic E-state index is 12.6. The van der Waals surface area contributed by atoms with E-state index in [1.165, 1.54) is 0 Å². The molecule has 2 N–H and O–H groups in total. The van der Waals surface area contributed by atoms with E-state index in [4.69, 9.17) is 0 Å². The van der Waals surface area contributed by atoms with Crippen molar-refractivity contribution in [3.63, 3.8) is 0 Å². The molecule has 5 rings (SSSR count). The average Bonchev–Trinajstić information content (AvgIpc) is 3.48. The van der Waals surface area contributed by atoms with Crippen LogP contribution >= 0.6 is 0 Å². The fourth-order valence-corrected chi connectivity index (χ4v) is 4.66. The first-order chi connectivity index (χ1) is 16.5. The van der Waals surface area contributed by atoms with Crippen LogP contribution in [0, 0.1) is 6.92 Å². The Hall–Kier alpha value is -4.13. The number of nitrogens with one attached hydrogen (secondary N) is 1. The third-order valence-corrected chi connectivity index (χ3v) is 6.36. The number of imidazole rings is 1. The lowest BCUT2D eigenvalue weighted by molar-refractivity contribution is 0.0696. The van der Waals surface area contributed by atoms with E-state index in [0.717, 1.165) is 48.4 Å². The van der Waals surface area contributed by atoms with Crippen molar-refractivity contribution < 1.29 is 14.7 Å². The van der Waals surface area contributed by atoms with Crippen LogP contribution in [-0.2, 0) is 6.54 Å². The summed E-state index contributed by atoms with van der Waals surface area (Å²) in [6, 6.07) is 20.7. The third-order valence-electron chi connectivity index (χ3n) is 6.36. The van der Waals surface area contributed by atoms with E-state index in [9.17, 15) is 14.7 Å². The van der Waals surface area contributed by atoms with Gasteiger partial charge in [-0.25, -0.2) is 14.6 Å². The zero-order valence-electron chi connectivity index (χ0n) is 19.0. The second kappa shape index (κ2) is 9.02. The molecular formula is C27H26N4O3. The molecule has 1 aliphatic rings. The number of carboxylic acids is 1. The molecule has 7 nitrogen and oxygen atoms in total. The lowest BCUT2D eigenvalue weighted by Gasteiger charge is -2.16. The number of aromatic nitrogens is 2. The number of carbonyl (C=O) groups is 2. The van der Waals surface area contributed by atoms with Crippen LogP contribution < -0.4 is 5.32 Å². The summed E-state index contributed by atoms with van der Waals surface area (Å²) < 4.78 is 2.00. The van der Waals surface area contributed by atoms with Crippen molar-refractivity contribution in [3.05, 3.63) is 83.7 Å². The largest absolute Gasteiger partial charge is 0.478 e. The van der Waals surface area contributed by atoms with Crippen molar-refractivity contribution in [2.24, 2.45) is 0 Å². The van der Waals surface area contributed by atoms with E-state index in [1.807, 2.05) is 83.1 Å². The van der Waals surface area contributed by atoms with E-state index in [-0.39, 0.29) is 11.6 Å². The van der Waals surface area contributed by atoms with Crippen LogP contribution in [0.15, 0.2) is 66.7 Å². The van der Waals surface area contributed by atoms with Gasteiger partial charge in [-0.1, -0.05) is 48.5 Å². The highest BCUT2D eigenvalue weighted by molar-refractivity contribution is 5.98. The monoisotopic (exact) mass is 454 g/mol. The number of urea groups is 1. The maximum Gasteiger partial charge on any atom is 0.336 e. The van der Waals surface area contributed by atoms with E-state index >= 15 is 0 Å². The van der Waals surface area contributed by atoms with E-state index in [1.54, 1.807) is 0 Å². The first-order valence-corrected chi connectivity index (χ1v) is 11.4. The molecule has 1 saturated heterocycles. The Labute approximate surface area is 197 Å². The van der Waals surface area contributed by atoms with Gasteiger partial charge in [0.25, 0.3) is 0 Å². The Kier molecular flexibility index (Phi) is 5.76. The smallest absolute Gasteiger partial charge is 0.336 e. The van der Waals surface area contributed by atoms with E-state index in [0.29, 0.717) is 23.4 Å². The number of likely N-dealkylation sites (tertiary alicyclic amines) is 1. The van der Waals surface area contributed by atoms with Gasteiger partial charge in [0.15, 0.2) is 0 Å². The second-order valence-electron chi connectivity index (χ2n) is 8.58. The summed E-state index contributed by atoms with van der Waals surface area (Å²) in [6.07, 6.45) is 2.07. The predicted molar refractivity (Wildman–Crippen MR) is 132 cm³/mol. The fraction of sp³-hybridized carbons (Fsp3) is 0.222. The SMILES string of the molecule is Cc1nc2ccc(NC(=O)N3CCCC3)cc2n1Cc1cccc(-c2ccccc2)c1C(=O)O. The molecule has 2 amide bonds. The minimum Gasteiger partial charge on any atom is -0.478 e. The Morgan fingerprint density at radius 3 is 2.50 bits per heavy atom. The maximum absolute atomic E-state index is 12.6. The molecule has 0 aliphatic carbocycles. The van der Waals surface area contributed by atoms with Crippen molar-refractivity contribution in [1.29, 1.82) is 0 Å². The van der Waals surface area contributed by atoms with Gasteiger partial charge in [0.1, 0.15) is 5.82 Å². The number of hydrogen-bond acceptors (Lipinski definition) is 3. The molecule has 1 aromatic heterocycles. The number of amides is 2. The molecule has 2 heterocycles. The molecular weight excluding hydrogens is 428 g/mol. The number of aromatic carboxylic acids is 1. The molecule has 3 aromatic carbocycles. The number of aryl methyl sites for hydroxylation is 1.